The highest BCUT2D eigenvalue weighted by atomic mass is 35.5. The number of amides is 2. The Bertz CT molecular complexity index is 874. The Balaban J connectivity index is 1.96. The van der Waals surface area contributed by atoms with Gasteiger partial charge in [-0.3, -0.25) is 9.59 Å². The summed E-state index contributed by atoms with van der Waals surface area (Å²) in [5.74, 6) is -0.445. The number of hydrogen-bond donors (Lipinski definition) is 2. The van der Waals surface area contributed by atoms with Gasteiger partial charge in [0.1, 0.15) is 11.3 Å². The molecule has 2 amide bonds. The Morgan fingerprint density at radius 2 is 1.67 bits per heavy atom. The number of benzene rings is 2. The Morgan fingerprint density at radius 1 is 0.958 bits per heavy atom. The molecular formula is C18H15ClN2O3. The topological polar surface area (TPSA) is 71.3 Å². The van der Waals surface area contributed by atoms with Crippen LogP contribution in [0.25, 0.3) is 11.0 Å². The van der Waals surface area contributed by atoms with Crippen LogP contribution in [0.3, 0.4) is 0 Å². The van der Waals surface area contributed by atoms with Crippen molar-refractivity contribution in [1.29, 1.82) is 0 Å². The molecule has 0 spiro atoms. The molecule has 0 unspecified atom stereocenters. The average Bonchev–Trinajstić information content (AvgIpc) is 2.95. The number of fused-ring (bicyclic) bond motifs is 1. The second kappa shape index (κ2) is 7.19. The molecule has 0 aliphatic rings. The van der Waals surface area contributed by atoms with Gasteiger partial charge in [-0.25, -0.2) is 0 Å². The molecule has 2 aromatic carbocycles. The van der Waals surface area contributed by atoms with E-state index in [0.717, 1.165) is 0 Å². The van der Waals surface area contributed by atoms with Crippen LogP contribution < -0.4 is 10.6 Å². The number of hydrogen-bond acceptors (Lipinski definition) is 3. The second-order valence-electron chi connectivity index (χ2n) is 5.11. The number of para-hydroxylation sites is 2. The van der Waals surface area contributed by atoms with Crippen LogP contribution in [0, 0.1) is 0 Å². The van der Waals surface area contributed by atoms with E-state index in [-0.39, 0.29) is 24.0 Å². The number of alkyl halides is 1. The predicted molar refractivity (Wildman–Crippen MR) is 94.6 cm³/mol. The fraction of sp³-hybridized carbons (Fsp3) is 0.111. The number of rotatable bonds is 5. The molecule has 3 rings (SSSR count). The monoisotopic (exact) mass is 342 g/mol. The minimum Gasteiger partial charge on any atom is -0.449 e. The van der Waals surface area contributed by atoms with Crippen molar-refractivity contribution >= 4 is 45.8 Å². The van der Waals surface area contributed by atoms with E-state index >= 15 is 0 Å². The molecule has 1 aromatic heterocycles. The first-order valence-electron chi connectivity index (χ1n) is 7.43. The van der Waals surface area contributed by atoms with Crippen molar-refractivity contribution in [3.63, 3.8) is 0 Å². The normalized spacial score (nSPS) is 10.5. The van der Waals surface area contributed by atoms with Crippen molar-refractivity contribution in [3.05, 3.63) is 60.4 Å². The third-order valence-corrected chi connectivity index (χ3v) is 3.61. The van der Waals surface area contributed by atoms with Crippen LogP contribution in [-0.2, 0) is 4.79 Å². The highest BCUT2D eigenvalue weighted by Crippen LogP contribution is 2.31. The summed E-state index contributed by atoms with van der Waals surface area (Å²) >= 11 is 5.60. The summed E-state index contributed by atoms with van der Waals surface area (Å²) in [6.07, 6.45) is 0.154. The van der Waals surface area contributed by atoms with Crippen LogP contribution >= 0.6 is 11.6 Å². The zero-order chi connectivity index (χ0) is 16.9. The minimum absolute atomic E-state index is 0.0583. The molecular weight excluding hydrogens is 328 g/mol. The lowest BCUT2D eigenvalue weighted by atomic mass is 10.2. The van der Waals surface area contributed by atoms with E-state index in [1.54, 1.807) is 30.3 Å². The summed E-state index contributed by atoms with van der Waals surface area (Å²) in [7, 11) is 0. The molecule has 0 aliphatic heterocycles. The zero-order valence-corrected chi connectivity index (χ0v) is 13.5. The molecule has 0 fully saturated rings. The Hall–Kier alpha value is -2.79. The fourth-order valence-corrected chi connectivity index (χ4v) is 2.50. The molecule has 2 N–H and O–H groups in total. The highest BCUT2D eigenvalue weighted by Gasteiger charge is 2.22. The minimum atomic E-state index is -0.432. The van der Waals surface area contributed by atoms with Crippen molar-refractivity contribution in [2.24, 2.45) is 0 Å². The smallest absolute Gasteiger partial charge is 0.293 e. The van der Waals surface area contributed by atoms with Gasteiger partial charge in [0.05, 0.1) is 0 Å². The van der Waals surface area contributed by atoms with Crippen molar-refractivity contribution in [2.75, 3.05) is 16.5 Å². The van der Waals surface area contributed by atoms with Gasteiger partial charge in [-0.05, 0) is 24.3 Å². The molecule has 6 heteroatoms. The summed E-state index contributed by atoms with van der Waals surface area (Å²) in [4.78, 5) is 24.5. The van der Waals surface area contributed by atoms with Gasteiger partial charge >= 0.3 is 0 Å². The van der Waals surface area contributed by atoms with E-state index < -0.39 is 5.91 Å². The Kier molecular flexibility index (Phi) is 4.82. The van der Waals surface area contributed by atoms with Gasteiger partial charge in [0, 0.05) is 23.4 Å². The predicted octanol–water partition coefficient (Wildman–Crippen LogP) is 4.25. The van der Waals surface area contributed by atoms with Crippen LogP contribution in [0.15, 0.2) is 59.0 Å². The number of carbonyl (C=O) groups excluding carboxylic acids is 2. The van der Waals surface area contributed by atoms with Crippen LogP contribution in [0.5, 0.6) is 0 Å². The summed E-state index contributed by atoms with van der Waals surface area (Å²) in [5, 5.41) is 6.14. The molecule has 0 aliphatic carbocycles. The largest absolute Gasteiger partial charge is 0.449 e. The quantitative estimate of drug-likeness (QED) is 0.681. The number of halogens is 1. The van der Waals surface area contributed by atoms with Crippen LogP contribution in [-0.4, -0.2) is 17.7 Å². The molecule has 0 radical (unpaired) electrons. The van der Waals surface area contributed by atoms with Crippen LogP contribution in [0.4, 0.5) is 11.4 Å². The first kappa shape index (κ1) is 16.1. The van der Waals surface area contributed by atoms with E-state index in [1.807, 2.05) is 24.3 Å². The lowest BCUT2D eigenvalue weighted by Crippen LogP contribution is -2.17. The Morgan fingerprint density at radius 3 is 2.42 bits per heavy atom. The standard InChI is InChI=1S/C18H15ClN2O3/c19-11-10-15(22)21-16-13-8-4-5-9-14(13)24-17(16)18(23)20-12-6-2-1-3-7-12/h1-9H,10-11H2,(H,20,23)(H,21,22). The van der Waals surface area contributed by atoms with Gasteiger partial charge < -0.3 is 15.1 Å². The van der Waals surface area contributed by atoms with Gasteiger partial charge in [-0.1, -0.05) is 30.3 Å². The van der Waals surface area contributed by atoms with Gasteiger partial charge in [0.25, 0.3) is 5.91 Å². The molecule has 1 heterocycles. The molecule has 0 atom stereocenters. The summed E-state index contributed by atoms with van der Waals surface area (Å²) in [6, 6.07) is 16.2. The zero-order valence-electron chi connectivity index (χ0n) is 12.7. The van der Waals surface area contributed by atoms with Gasteiger partial charge in [0.15, 0.2) is 0 Å². The molecule has 3 aromatic rings. The maximum Gasteiger partial charge on any atom is 0.293 e. The molecule has 0 saturated heterocycles. The third-order valence-electron chi connectivity index (χ3n) is 3.42. The van der Waals surface area contributed by atoms with Crippen molar-refractivity contribution in [1.82, 2.24) is 0 Å². The van der Waals surface area contributed by atoms with Gasteiger partial charge in [-0.15, -0.1) is 11.6 Å². The van der Waals surface area contributed by atoms with E-state index in [9.17, 15) is 9.59 Å². The number of furan rings is 1. The Labute approximate surface area is 143 Å². The number of anilines is 2. The lowest BCUT2D eigenvalue weighted by Gasteiger charge is -2.06. The van der Waals surface area contributed by atoms with E-state index in [0.29, 0.717) is 22.3 Å². The van der Waals surface area contributed by atoms with Gasteiger partial charge in [0.2, 0.25) is 11.7 Å². The molecule has 0 saturated carbocycles. The molecule has 122 valence electrons. The first-order valence-corrected chi connectivity index (χ1v) is 7.96. The van der Waals surface area contributed by atoms with Gasteiger partial charge in [-0.2, -0.15) is 0 Å². The summed E-state index contributed by atoms with van der Waals surface area (Å²) in [6.45, 7) is 0. The van der Waals surface area contributed by atoms with Crippen molar-refractivity contribution in [2.45, 2.75) is 6.42 Å². The number of nitrogens with one attached hydrogen (secondary N) is 2. The fourth-order valence-electron chi connectivity index (χ4n) is 2.33. The lowest BCUT2D eigenvalue weighted by molar-refractivity contribution is -0.115. The maximum atomic E-state index is 12.6. The molecule has 24 heavy (non-hydrogen) atoms. The summed E-state index contributed by atoms with van der Waals surface area (Å²) < 4.78 is 5.65. The first-order chi connectivity index (χ1) is 11.7. The van der Waals surface area contributed by atoms with Crippen molar-refractivity contribution in [3.8, 4) is 0 Å². The highest BCUT2D eigenvalue weighted by molar-refractivity contribution is 6.20. The summed E-state index contributed by atoms with van der Waals surface area (Å²) in [5.41, 5.74) is 1.52. The molecule has 5 nitrogen and oxygen atoms in total. The van der Waals surface area contributed by atoms with Crippen LogP contribution in [0.1, 0.15) is 17.0 Å². The van der Waals surface area contributed by atoms with E-state index in [1.165, 1.54) is 0 Å². The molecule has 0 bridgehead atoms. The van der Waals surface area contributed by atoms with Crippen molar-refractivity contribution < 1.29 is 14.0 Å². The third kappa shape index (κ3) is 3.41. The van der Waals surface area contributed by atoms with E-state index in [2.05, 4.69) is 10.6 Å². The maximum absolute atomic E-state index is 12.6. The second-order valence-corrected chi connectivity index (χ2v) is 5.49. The SMILES string of the molecule is O=C(CCCl)Nc1c(C(=O)Nc2ccccc2)oc2ccccc12. The number of carbonyl (C=O) groups is 2. The van der Waals surface area contributed by atoms with Crippen LogP contribution in [0.2, 0.25) is 0 Å². The van der Waals surface area contributed by atoms with E-state index in [4.69, 9.17) is 16.0 Å². The average molecular weight is 343 g/mol.